The van der Waals surface area contributed by atoms with Gasteiger partial charge in [0.05, 0.1) is 10.4 Å². The molecule has 1 aliphatic heterocycles. The molecular weight excluding hydrogens is 338 g/mol. The third kappa shape index (κ3) is 2.68. The molecule has 0 bridgehead atoms. The van der Waals surface area contributed by atoms with Crippen LogP contribution in [0.2, 0.25) is 0 Å². The number of halogens is 1. The average molecular weight is 352 g/mol. The van der Waals surface area contributed by atoms with Crippen LogP contribution in [0.15, 0.2) is 33.2 Å². The molecule has 3 rings (SSSR count). The molecular formula is C15H14BrNO4. The maximum Gasteiger partial charge on any atom is 0.306 e. The predicted molar refractivity (Wildman–Crippen MR) is 80.2 cm³/mol. The molecule has 6 heteroatoms. The lowest BCUT2D eigenvalue weighted by Gasteiger charge is -2.29. The molecule has 0 saturated carbocycles. The Morgan fingerprint density at radius 3 is 2.62 bits per heavy atom. The Morgan fingerprint density at radius 1 is 1.29 bits per heavy atom. The largest absolute Gasteiger partial charge is 0.481 e. The van der Waals surface area contributed by atoms with E-state index < -0.39 is 5.97 Å². The van der Waals surface area contributed by atoms with Crippen molar-refractivity contribution >= 4 is 38.8 Å². The van der Waals surface area contributed by atoms with Crippen LogP contribution in [0.4, 0.5) is 0 Å². The molecule has 1 aliphatic rings. The second-order valence-corrected chi connectivity index (χ2v) is 6.03. The maximum atomic E-state index is 12.4. The average Bonchev–Trinajstić information content (AvgIpc) is 2.92. The second-order valence-electron chi connectivity index (χ2n) is 5.17. The van der Waals surface area contributed by atoms with E-state index in [1.54, 1.807) is 11.0 Å². The molecule has 0 unspecified atom stereocenters. The lowest BCUT2D eigenvalue weighted by atomic mass is 9.97. The Balaban J connectivity index is 1.78. The SMILES string of the molecule is O=C(O)C1CCN(C(=O)c2cc3cccc(Br)c3o2)CC1. The summed E-state index contributed by atoms with van der Waals surface area (Å²) in [5, 5.41) is 9.85. The van der Waals surface area contributed by atoms with E-state index in [1.807, 2.05) is 18.2 Å². The van der Waals surface area contributed by atoms with Crippen molar-refractivity contribution in [2.24, 2.45) is 5.92 Å². The van der Waals surface area contributed by atoms with Crippen LogP contribution in [0.3, 0.4) is 0 Å². The van der Waals surface area contributed by atoms with Crippen molar-refractivity contribution in [3.8, 4) is 0 Å². The summed E-state index contributed by atoms with van der Waals surface area (Å²) < 4.78 is 6.44. The van der Waals surface area contributed by atoms with Crippen LogP contribution in [-0.4, -0.2) is 35.0 Å². The summed E-state index contributed by atoms with van der Waals surface area (Å²) in [7, 11) is 0. The van der Waals surface area contributed by atoms with Crippen molar-refractivity contribution in [3.63, 3.8) is 0 Å². The van der Waals surface area contributed by atoms with Gasteiger partial charge in [-0.15, -0.1) is 0 Å². The number of benzene rings is 1. The number of hydrogen-bond donors (Lipinski definition) is 1. The molecule has 21 heavy (non-hydrogen) atoms. The maximum absolute atomic E-state index is 12.4. The number of nitrogens with zero attached hydrogens (tertiary/aromatic N) is 1. The minimum absolute atomic E-state index is 0.179. The topological polar surface area (TPSA) is 70.8 Å². The van der Waals surface area contributed by atoms with Crippen LogP contribution in [0.25, 0.3) is 11.0 Å². The molecule has 2 aromatic rings. The molecule has 0 spiro atoms. The van der Waals surface area contributed by atoms with Gasteiger partial charge >= 0.3 is 5.97 Å². The highest BCUT2D eigenvalue weighted by Crippen LogP contribution is 2.28. The molecule has 1 N–H and O–H groups in total. The van der Waals surface area contributed by atoms with Gasteiger partial charge in [0.15, 0.2) is 5.76 Å². The highest BCUT2D eigenvalue weighted by atomic mass is 79.9. The van der Waals surface area contributed by atoms with E-state index in [4.69, 9.17) is 9.52 Å². The smallest absolute Gasteiger partial charge is 0.306 e. The van der Waals surface area contributed by atoms with Crippen LogP contribution >= 0.6 is 15.9 Å². The van der Waals surface area contributed by atoms with E-state index in [9.17, 15) is 9.59 Å². The lowest BCUT2D eigenvalue weighted by Crippen LogP contribution is -2.40. The molecule has 2 heterocycles. The highest BCUT2D eigenvalue weighted by molar-refractivity contribution is 9.10. The molecule has 0 atom stereocenters. The number of furan rings is 1. The third-order valence-corrected chi connectivity index (χ3v) is 4.46. The zero-order valence-corrected chi connectivity index (χ0v) is 12.8. The number of amides is 1. The Hall–Kier alpha value is -1.82. The highest BCUT2D eigenvalue weighted by Gasteiger charge is 2.28. The van der Waals surface area contributed by atoms with Crippen molar-refractivity contribution in [1.29, 1.82) is 0 Å². The number of carbonyl (C=O) groups excluding carboxylic acids is 1. The van der Waals surface area contributed by atoms with Crippen molar-refractivity contribution in [2.75, 3.05) is 13.1 Å². The number of hydrogen-bond acceptors (Lipinski definition) is 3. The van der Waals surface area contributed by atoms with Gasteiger partial charge in [0.1, 0.15) is 5.58 Å². The van der Waals surface area contributed by atoms with Crippen LogP contribution < -0.4 is 0 Å². The van der Waals surface area contributed by atoms with Crippen LogP contribution in [0, 0.1) is 5.92 Å². The molecule has 1 saturated heterocycles. The normalized spacial score (nSPS) is 16.3. The van der Waals surface area contributed by atoms with Gasteiger partial charge in [0, 0.05) is 18.5 Å². The minimum atomic E-state index is -0.783. The van der Waals surface area contributed by atoms with Gasteiger partial charge in [0.25, 0.3) is 5.91 Å². The molecule has 1 amide bonds. The minimum Gasteiger partial charge on any atom is -0.481 e. The van der Waals surface area contributed by atoms with Gasteiger partial charge in [-0.2, -0.15) is 0 Å². The number of aliphatic carboxylic acids is 1. The first-order valence-electron chi connectivity index (χ1n) is 6.76. The molecule has 5 nitrogen and oxygen atoms in total. The van der Waals surface area contributed by atoms with Gasteiger partial charge in [-0.1, -0.05) is 12.1 Å². The lowest BCUT2D eigenvalue weighted by molar-refractivity contribution is -0.143. The van der Waals surface area contributed by atoms with Gasteiger partial charge in [-0.05, 0) is 40.9 Å². The number of carboxylic acid groups (broad SMARTS) is 1. The van der Waals surface area contributed by atoms with Gasteiger partial charge < -0.3 is 14.4 Å². The number of rotatable bonds is 2. The first kappa shape index (κ1) is 14.1. The molecule has 1 aromatic heterocycles. The van der Waals surface area contributed by atoms with Gasteiger partial charge in [0.2, 0.25) is 0 Å². The first-order chi connectivity index (χ1) is 10.1. The summed E-state index contributed by atoms with van der Waals surface area (Å²) >= 11 is 3.40. The Kier molecular flexibility index (Phi) is 3.71. The Morgan fingerprint density at radius 2 is 2.00 bits per heavy atom. The van der Waals surface area contributed by atoms with Crippen molar-refractivity contribution in [2.45, 2.75) is 12.8 Å². The zero-order valence-electron chi connectivity index (χ0n) is 11.2. The molecule has 0 aliphatic carbocycles. The van der Waals surface area contributed by atoms with Crippen LogP contribution in [0.1, 0.15) is 23.4 Å². The summed E-state index contributed by atoms with van der Waals surface area (Å²) in [5.41, 5.74) is 0.654. The molecule has 1 fully saturated rings. The summed E-state index contributed by atoms with van der Waals surface area (Å²) in [5.74, 6) is -1.01. The fourth-order valence-electron chi connectivity index (χ4n) is 2.62. The number of carbonyl (C=O) groups is 2. The number of para-hydroxylation sites is 1. The number of carboxylic acids is 1. The van der Waals surface area contributed by atoms with E-state index in [0.717, 1.165) is 9.86 Å². The Labute approximate surface area is 129 Å². The summed E-state index contributed by atoms with van der Waals surface area (Å²) in [6, 6.07) is 7.36. The van der Waals surface area contributed by atoms with Crippen molar-refractivity contribution in [3.05, 3.63) is 34.5 Å². The first-order valence-corrected chi connectivity index (χ1v) is 7.55. The number of piperidine rings is 1. The summed E-state index contributed by atoms with van der Waals surface area (Å²) in [6.45, 7) is 0.905. The third-order valence-electron chi connectivity index (χ3n) is 3.84. The summed E-state index contributed by atoms with van der Waals surface area (Å²) in [4.78, 5) is 25.0. The molecule has 0 radical (unpaired) electrons. The standard InChI is InChI=1S/C15H14BrNO4/c16-11-3-1-2-10-8-12(21-13(10)11)14(18)17-6-4-9(5-7-17)15(19)20/h1-3,8-9H,4-7H2,(H,19,20). The van der Waals surface area contributed by atoms with Crippen molar-refractivity contribution in [1.82, 2.24) is 4.90 Å². The van der Waals surface area contributed by atoms with E-state index in [1.165, 1.54) is 0 Å². The second kappa shape index (κ2) is 5.52. The number of likely N-dealkylation sites (tertiary alicyclic amines) is 1. The molecule has 1 aromatic carbocycles. The Bertz CT molecular complexity index is 701. The summed E-state index contributed by atoms with van der Waals surface area (Å²) in [6.07, 6.45) is 0.982. The van der Waals surface area contributed by atoms with E-state index in [-0.39, 0.29) is 11.8 Å². The zero-order chi connectivity index (χ0) is 15.0. The fraction of sp³-hybridized carbons (Fsp3) is 0.333. The van der Waals surface area contributed by atoms with Crippen molar-refractivity contribution < 1.29 is 19.1 Å². The van der Waals surface area contributed by atoms with Gasteiger partial charge in [-0.3, -0.25) is 9.59 Å². The van der Waals surface area contributed by atoms with Gasteiger partial charge in [-0.25, -0.2) is 0 Å². The quantitative estimate of drug-likeness (QED) is 0.902. The van der Waals surface area contributed by atoms with E-state index >= 15 is 0 Å². The molecule has 110 valence electrons. The predicted octanol–water partition coefficient (Wildman–Crippen LogP) is 3.13. The van der Waals surface area contributed by atoms with E-state index in [2.05, 4.69) is 15.9 Å². The monoisotopic (exact) mass is 351 g/mol. The fourth-order valence-corrected chi connectivity index (χ4v) is 3.08. The van der Waals surface area contributed by atoms with Crippen LogP contribution in [0.5, 0.6) is 0 Å². The van der Waals surface area contributed by atoms with E-state index in [0.29, 0.717) is 37.3 Å². The number of fused-ring (bicyclic) bond motifs is 1. The van der Waals surface area contributed by atoms with Crippen LogP contribution in [-0.2, 0) is 4.79 Å².